The summed E-state index contributed by atoms with van der Waals surface area (Å²) in [5, 5.41) is 27.6. The Morgan fingerprint density at radius 1 is 1.33 bits per heavy atom. The van der Waals surface area contributed by atoms with Gasteiger partial charge in [-0.25, -0.2) is 9.36 Å². The Kier molecular flexibility index (Phi) is 6.61. The molecule has 0 aromatic heterocycles. The highest BCUT2D eigenvalue weighted by Gasteiger charge is 2.20. The average molecular weight is 361 g/mol. The van der Waals surface area contributed by atoms with Crippen molar-refractivity contribution in [1.29, 1.82) is 0 Å². The maximum absolute atomic E-state index is 11.0. The number of aromatic hydroxyl groups is 1. The van der Waals surface area contributed by atoms with E-state index in [1.165, 1.54) is 12.1 Å². The van der Waals surface area contributed by atoms with Crippen LogP contribution < -0.4 is 0 Å². The van der Waals surface area contributed by atoms with Crippen LogP contribution in [0.5, 0.6) is 5.75 Å². The normalized spacial score (nSPS) is 13.1. The topological polar surface area (TPSA) is 174 Å². The van der Waals surface area contributed by atoms with Crippen molar-refractivity contribution in [2.45, 2.75) is 26.0 Å². The van der Waals surface area contributed by atoms with Crippen LogP contribution in [-0.2, 0) is 25.3 Å². The van der Waals surface area contributed by atoms with Crippen LogP contribution in [-0.4, -0.2) is 49.3 Å². The highest BCUT2D eigenvalue weighted by molar-refractivity contribution is 7.46. The van der Waals surface area contributed by atoms with E-state index in [0.29, 0.717) is 5.56 Å². The van der Waals surface area contributed by atoms with Gasteiger partial charge in [-0.2, -0.15) is 0 Å². The number of phosphoric ester groups is 1. The molecule has 0 fully saturated rings. The summed E-state index contributed by atoms with van der Waals surface area (Å²) in [6.45, 7) is 0.988. The van der Waals surface area contributed by atoms with Gasteiger partial charge in [-0.05, 0) is 18.1 Å². The Labute approximate surface area is 136 Å². The van der Waals surface area contributed by atoms with Crippen molar-refractivity contribution in [3.05, 3.63) is 28.8 Å². The number of hydrogen-bond acceptors (Lipinski definition) is 6. The van der Waals surface area contributed by atoms with Gasteiger partial charge in [0.25, 0.3) is 0 Å². The maximum atomic E-state index is 11.0. The standard InChI is InChI=1S/C13H16NO9P/c1-7-2-3-8(6-23-24(20,21)22)9(12(7)17)5-14-10(13(18)19)4-11(15)16/h2-3,5,10,17H,4,6H2,1H3,(H,15,16)(H,18,19)(H2,20,21,22)/t10-/m0/s1. The minimum atomic E-state index is -4.75. The Morgan fingerprint density at radius 3 is 2.46 bits per heavy atom. The smallest absolute Gasteiger partial charge is 0.469 e. The van der Waals surface area contributed by atoms with Gasteiger partial charge in [-0.15, -0.1) is 0 Å². The molecular weight excluding hydrogens is 345 g/mol. The fourth-order valence-corrected chi connectivity index (χ4v) is 2.02. The lowest BCUT2D eigenvalue weighted by molar-refractivity contribution is -0.144. The third kappa shape index (κ3) is 6.09. The molecule has 1 rings (SSSR count). The summed E-state index contributed by atoms with van der Waals surface area (Å²) in [6.07, 6.45) is 0.190. The van der Waals surface area contributed by atoms with Crippen LogP contribution in [0.25, 0.3) is 0 Å². The van der Waals surface area contributed by atoms with Crippen LogP contribution in [0.3, 0.4) is 0 Å². The van der Waals surface area contributed by atoms with Crippen molar-refractivity contribution in [2.75, 3.05) is 0 Å². The van der Waals surface area contributed by atoms with Crippen molar-refractivity contribution < 1.29 is 43.8 Å². The van der Waals surface area contributed by atoms with Gasteiger partial charge < -0.3 is 25.1 Å². The molecule has 5 N–H and O–H groups in total. The Hall–Kier alpha value is -2.26. The summed E-state index contributed by atoms with van der Waals surface area (Å²) in [6, 6.07) is 1.31. The van der Waals surface area contributed by atoms with Gasteiger partial charge in [0.05, 0.1) is 13.0 Å². The number of nitrogens with zero attached hydrogens (tertiary/aromatic N) is 1. The number of aliphatic imine (C=N–C) groups is 1. The number of carboxylic acid groups (broad SMARTS) is 2. The van der Waals surface area contributed by atoms with E-state index in [0.717, 1.165) is 6.21 Å². The Morgan fingerprint density at radius 2 is 1.96 bits per heavy atom. The quantitative estimate of drug-likeness (QED) is 0.329. The van der Waals surface area contributed by atoms with Crippen LogP contribution in [0.1, 0.15) is 23.1 Å². The van der Waals surface area contributed by atoms with Gasteiger partial charge in [0.1, 0.15) is 5.75 Å². The highest BCUT2D eigenvalue weighted by atomic mass is 31.2. The molecule has 1 aromatic rings. The van der Waals surface area contributed by atoms with Crippen molar-refractivity contribution in [3.8, 4) is 5.75 Å². The molecule has 0 heterocycles. The molecule has 132 valence electrons. The summed E-state index contributed by atoms with van der Waals surface area (Å²) in [5.41, 5.74) is 0.534. The molecule has 0 aliphatic carbocycles. The van der Waals surface area contributed by atoms with Gasteiger partial charge in [0.2, 0.25) is 0 Å². The van der Waals surface area contributed by atoms with E-state index < -0.39 is 38.8 Å². The van der Waals surface area contributed by atoms with Gasteiger partial charge in [0, 0.05) is 11.8 Å². The number of aliphatic carboxylic acids is 2. The van der Waals surface area contributed by atoms with Crippen molar-refractivity contribution >= 4 is 26.0 Å². The van der Waals surface area contributed by atoms with E-state index in [2.05, 4.69) is 9.52 Å². The molecule has 0 radical (unpaired) electrons. The lowest BCUT2D eigenvalue weighted by Gasteiger charge is -2.12. The summed E-state index contributed by atoms with van der Waals surface area (Å²) in [5.74, 6) is -3.11. The molecular formula is C13H16NO9P. The summed E-state index contributed by atoms with van der Waals surface area (Å²) < 4.78 is 15.1. The highest BCUT2D eigenvalue weighted by Crippen LogP contribution is 2.38. The van der Waals surface area contributed by atoms with Crippen LogP contribution in [0.4, 0.5) is 0 Å². The van der Waals surface area contributed by atoms with Gasteiger partial charge >= 0.3 is 19.8 Å². The summed E-state index contributed by atoms with van der Waals surface area (Å²) in [4.78, 5) is 42.7. The van der Waals surface area contributed by atoms with Crippen LogP contribution in [0.2, 0.25) is 0 Å². The van der Waals surface area contributed by atoms with Crippen molar-refractivity contribution in [2.24, 2.45) is 4.99 Å². The zero-order chi connectivity index (χ0) is 18.5. The molecule has 0 spiro atoms. The monoisotopic (exact) mass is 361 g/mol. The molecule has 0 unspecified atom stereocenters. The fourth-order valence-electron chi connectivity index (χ4n) is 1.72. The number of phenols is 1. The zero-order valence-corrected chi connectivity index (χ0v) is 13.4. The molecule has 24 heavy (non-hydrogen) atoms. The van der Waals surface area contributed by atoms with E-state index in [-0.39, 0.29) is 16.9 Å². The summed E-state index contributed by atoms with van der Waals surface area (Å²) >= 11 is 0. The largest absolute Gasteiger partial charge is 0.507 e. The molecule has 1 atom stereocenters. The number of hydrogen-bond donors (Lipinski definition) is 5. The Balaban J connectivity index is 3.17. The van der Waals surface area contributed by atoms with E-state index in [1.54, 1.807) is 6.92 Å². The van der Waals surface area contributed by atoms with Crippen LogP contribution >= 0.6 is 7.82 Å². The predicted molar refractivity (Wildman–Crippen MR) is 80.9 cm³/mol. The number of phosphoric acid groups is 1. The summed E-state index contributed by atoms with van der Waals surface area (Å²) in [7, 11) is -4.75. The number of phenolic OH excluding ortho intramolecular Hbond substituents is 1. The van der Waals surface area contributed by atoms with Gasteiger partial charge in [-0.1, -0.05) is 12.1 Å². The second-order valence-corrected chi connectivity index (χ2v) is 6.04. The van der Waals surface area contributed by atoms with E-state index in [9.17, 15) is 19.3 Å². The lowest BCUT2D eigenvalue weighted by Crippen LogP contribution is -2.22. The molecule has 0 aliphatic rings. The van der Waals surface area contributed by atoms with E-state index in [4.69, 9.17) is 20.0 Å². The van der Waals surface area contributed by atoms with Crippen molar-refractivity contribution in [1.82, 2.24) is 0 Å². The minimum Gasteiger partial charge on any atom is -0.507 e. The fraction of sp³-hybridized carbons (Fsp3) is 0.308. The minimum absolute atomic E-state index is 0.0138. The van der Waals surface area contributed by atoms with Crippen molar-refractivity contribution in [3.63, 3.8) is 0 Å². The number of aryl methyl sites for hydroxylation is 1. The molecule has 0 amide bonds. The third-order valence-corrected chi connectivity index (χ3v) is 3.40. The average Bonchev–Trinajstić information content (AvgIpc) is 2.44. The zero-order valence-electron chi connectivity index (χ0n) is 12.5. The maximum Gasteiger partial charge on any atom is 0.469 e. The van der Waals surface area contributed by atoms with E-state index >= 15 is 0 Å². The SMILES string of the molecule is Cc1ccc(COP(=O)(O)O)c(C=N[C@@H](CC(=O)O)C(=O)O)c1O. The number of carboxylic acids is 2. The third-order valence-electron chi connectivity index (χ3n) is 2.93. The number of rotatable bonds is 8. The molecule has 10 nitrogen and oxygen atoms in total. The second kappa shape index (κ2) is 8.02. The molecule has 0 saturated carbocycles. The second-order valence-electron chi connectivity index (χ2n) is 4.80. The predicted octanol–water partition coefficient (Wildman–Crippen LogP) is 0.657. The Bertz CT molecular complexity index is 710. The lowest BCUT2D eigenvalue weighted by atomic mass is 10.0. The molecule has 11 heteroatoms. The first-order chi connectivity index (χ1) is 11.0. The first kappa shape index (κ1) is 19.8. The first-order valence-corrected chi connectivity index (χ1v) is 8.03. The molecule has 0 saturated heterocycles. The molecule has 1 aromatic carbocycles. The van der Waals surface area contributed by atoms with Crippen LogP contribution in [0.15, 0.2) is 17.1 Å². The first-order valence-electron chi connectivity index (χ1n) is 6.50. The van der Waals surface area contributed by atoms with Crippen LogP contribution in [0, 0.1) is 6.92 Å². The number of benzene rings is 1. The van der Waals surface area contributed by atoms with E-state index in [1.807, 2.05) is 0 Å². The van der Waals surface area contributed by atoms with Gasteiger partial charge in [-0.3, -0.25) is 14.3 Å². The molecule has 0 bridgehead atoms. The van der Waals surface area contributed by atoms with Gasteiger partial charge in [0.15, 0.2) is 6.04 Å². The number of carbonyl (C=O) groups is 2. The molecule has 0 aliphatic heterocycles.